The van der Waals surface area contributed by atoms with E-state index < -0.39 is 102 Å². The van der Waals surface area contributed by atoms with Gasteiger partial charge in [-0.05, 0) is 76.4 Å². The molecule has 7 aliphatic rings. The molecule has 36 nitrogen and oxygen atoms in total. The molecule has 3 aromatic carbocycles. The lowest BCUT2D eigenvalue weighted by atomic mass is 9.91. The number of pyridine rings is 1. The van der Waals surface area contributed by atoms with E-state index in [2.05, 4.69) is 143 Å². The van der Waals surface area contributed by atoms with Crippen molar-refractivity contribution < 1.29 is 197 Å². The number of sulfonamides is 3. The number of quaternary nitrogens is 3. The van der Waals surface area contributed by atoms with Crippen molar-refractivity contribution in [2.75, 3.05) is 176 Å². The van der Waals surface area contributed by atoms with Gasteiger partial charge in [-0.3, -0.25) is 43.8 Å². The van der Waals surface area contributed by atoms with Gasteiger partial charge in [0.1, 0.15) is 56.5 Å². The Bertz CT molecular complexity index is 5090. The summed E-state index contributed by atoms with van der Waals surface area (Å²) < 4.78 is 291. The first-order valence-electron chi connectivity index (χ1n) is 46.8. The maximum Gasteiger partial charge on any atom is 0.525 e. The number of halogens is 16. The third kappa shape index (κ3) is 45.2. The first-order chi connectivity index (χ1) is 67.4. The SMILES string of the molecule is CCC(C)C(C(=O)OC)N1CCN(C)C1.CCC(C)C(CO)N1CCN(C)C1.CCCC[N+]1(C)C2CC(OC(=O)C(CO)c3ccccc3)CC1C1CC12.CN1C(=O)CC[C@H]1c1ccc[n+](C)c1.CN1CCN(C[C@H](O)CO)C1.C[C@@H]([C@H](O)c1ccccc1)[N+](C)(C)Cc1ccccc1.C[N+](C)(C)CC(O)CC#N.O=S(=O)([N-]S(=O)(=O)C(F)(F)F)C(F)(F)F.O=S(=O)([N-]S(=O)(=[OH+])C(F)(F)F)C(F)(F)F.O=S(=O)([O-])C(F)(F)F.[Cl-]. The van der Waals surface area contributed by atoms with Crippen molar-refractivity contribution in [3.63, 3.8) is 0 Å². The van der Waals surface area contributed by atoms with Gasteiger partial charge in [-0.1, -0.05) is 145 Å². The molecule has 1 saturated carbocycles. The monoisotopic (exact) mass is 2270 g/mol. The third-order valence-corrected chi connectivity index (χ3v) is 31.6. The molecule has 4 aromatic rings. The normalized spacial score (nSPS) is 22.3. The number of ether oxygens (including phenoxy) is 2. The van der Waals surface area contributed by atoms with Crippen molar-refractivity contribution in [2.24, 2.45) is 30.7 Å². The lowest BCUT2D eigenvalue weighted by molar-refractivity contribution is -0.955. The topological polar surface area (TPSA) is 468 Å². The molecule has 0 spiro atoms. The second-order valence-corrected chi connectivity index (χ2v) is 46.9. The summed E-state index contributed by atoms with van der Waals surface area (Å²) in [6.07, 6.45) is 12.5. The van der Waals surface area contributed by atoms with E-state index in [0.29, 0.717) is 60.6 Å². The molecule has 7 heterocycles. The molecular formula is C91H147ClF15N14O22S5+. The number of likely N-dealkylation sites (tertiary alicyclic amines) is 1. The molecule has 2 bridgehead atoms. The number of unbranched alkanes of at least 4 members (excludes halogenated alkanes) is 1. The van der Waals surface area contributed by atoms with Gasteiger partial charge in [0, 0.05) is 107 Å². The highest BCUT2D eigenvalue weighted by molar-refractivity contribution is 8.13. The Morgan fingerprint density at radius 2 is 1.06 bits per heavy atom. The van der Waals surface area contributed by atoms with Gasteiger partial charge in [0.05, 0.1) is 132 Å². The van der Waals surface area contributed by atoms with E-state index in [9.17, 15) is 125 Å². The molecule has 11 unspecified atom stereocenters. The number of rotatable bonds is 31. The van der Waals surface area contributed by atoms with Crippen LogP contribution in [0.1, 0.15) is 146 Å². The number of likely N-dealkylation sites (N-methyl/N-ethyl adjacent to an activating group) is 5. The highest BCUT2D eigenvalue weighted by Crippen LogP contribution is 2.62. The number of carbonyl (C=O) groups is 3. The second-order valence-electron chi connectivity index (χ2n) is 38.6. The van der Waals surface area contributed by atoms with Gasteiger partial charge in [-0.2, -0.15) is 75.3 Å². The van der Waals surface area contributed by atoms with Gasteiger partial charge in [0.2, 0.25) is 5.91 Å². The number of aliphatic hydroxyl groups is 6. The molecule has 1 amide bonds. The Morgan fingerprint density at radius 1 is 0.608 bits per heavy atom. The zero-order valence-electron chi connectivity index (χ0n) is 86.1. The molecule has 148 heavy (non-hydrogen) atoms. The van der Waals surface area contributed by atoms with E-state index in [1.54, 1.807) is 0 Å². The zero-order valence-corrected chi connectivity index (χ0v) is 91.0. The minimum Gasteiger partial charge on any atom is -1.00 e. The van der Waals surface area contributed by atoms with Crippen molar-refractivity contribution >= 4 is 68.1 Å². The Kier molecular flexibility index (Phi) is 57.0. The van der Waals surface area contributed by atoms with Crippen LogP contribution < -0.4 is 17.0 Å². The summed E-state index contributed by atoms with van der Waals surface area (Å²) in [5, 5.41) is 64.7. The van der Waals surface area contributed by atoms with Gasteiger partial charge >= 0.3 is 49.5 Å². The Balaban J connectivity index is 0.000000835. The van der Waals surface area contributed by atoms with Crippen LogP contribution in [-0.4, -0.2) is 395 Å². The number of hydrogen-bond acceptors (Lipinski definition) is 28. The summed E-state index contributed by atoms with van der Waals surface area (Å²) in [5.41, 5.74) is -26.0. The fraction of sp³-hybridized carbons (Fsp3) is 0.703. The predicted molar refractivity (Wildman–Crippen MR) is 515 cm³/mol. The van der Waals surface area contributed by atoms with Crippen LogP contribution in [0.5, 0.6) is 0 Å². The van der Waals surface area contributed by atoms with E-state index in [4.69, 9.17) is 47.2 Å². The Hall–Kier alpha value is -7.02. The largest absolute Gasteiger partial charge is 1.00 e. The van der Waals surface area contributed by atoms with Crippen LogP contribution in [0.3, 0.4) is 0 Å². The molecular weight excluding hydrogens is 2120 g/mol. The summed E-state index contributed by atoms with van der Waals surface area (Å²) in [6.45, 7) is 25.4. The summed E-state index contributed by atoms with van der Waals surface area (Å²) in [4.78, 5) is 51.1. The number of nitrogens with zero attached hydrogens (tertiary/aromatic N) is 14. The maximum atomic E-state index is 12.7. The number of esters is 2. The fourth-order valence-corrected chi connectivity index (χ4v) is 20.4. The number of benzene rings is 3. The number of nitriles is 1. The van der Waals surface area contributed by atoms with Gasteiger partial charge in [-0.25, -0.2) is 42.4 Å². The van der Waals surface area contributed by atoms with Crippen LogP contribution in [0.25, 0.3) is 8.25 Å². The van der Waals surface area contributed by atoms with E-state index in [-0.39, 0.29) is 74.1 Å². The smallest absolute Gasteiger partial charge is 0.525 e. The first kappa shape index (κ1) is 139. The van der Waals surface area contributed by atoms with Gasteiger partial charge < -0.3 is 83.7 Å². The summed E-state index contributed by atoms with van der Waals surface area (Å²) in [6, 6.07) is 37.9. The fourth-order valence-electron chi connectivity index (χ4n) is 16.9. The first-order valence-corrected chi connectivity index (χ1v) is 54.0. The van der Waals surface area contributed by atoms with Crippen molar-refractivity contribution in [1.29, 1.82) is 5.26 Å². The molecule has 6 saturated heterocycles. The number of β-amino-alcohol motifs (C(OH)–C–C–N with tert-alkyl or cyclic N) is 1. The van der Waals surface area contributed by atoms with Gasteiger partial charge in [-0.15, -0.1) is 0 Å². The van der Waals surface area contributed by atoms with Crippen LogP contribution in [0, 0.1) is 35.0 Å². The number of aromatic nitrogens is 1. The lowest BCUT2D eigenvalue weighted by Crippen LogP contribution is -3.00. The van der Waals surface area contributed by atoms with Crippen molar-refractivity contribution in [2.45, 2.75) is 206 Å². The highest BCUT2D eigenvalue weighted by atomic mass is 35.5. The molecule has 7 N–H and O–H groups in total. The second kappa shape index (κ2) is 60.7. The van der Waals surface area contributed by atoms with Crippen molar-refractivity contribution in [3.05, 3.63) is 146 Å². The predicted octanol–water partition coefficient (Wildman–Crippen LogP) is 6.51. The average molecular weight is 2270 g/mol. The number of fused-ring (bicyclic) bond motifs is 5. The van der Waals surface area contributed by atoms with E-state index in [1.807, 2.05) is 137 Å². The van der Waals surface area contributed by atoms with E-state index in [1.165, 1.54) is 48.5 Å². The average Bonchev–Trinajstić information content (AvgIpc) is 1.53. The molecule has 7 fully saturated rings. The number of hydrogen-bond donors (Lipinski definition) is 6. The molecule has 6 aliphatic heterocycles. The van der Waals surface area contributed by atoms with Crippen molar-refractivity contribution in [1.82, 2.24) is 34.3 Å². The molecule has 854 valence electrons. The van der Waals surface area contributed by atoms with Crippen LogP contribution in [0.2, 0.25) is 0 Å². The summed E-state index contributed by atoms with van der Waals surface area (Å²) >= 11 is 0. The molecule has 57 heteroatoms. The molecule has 15 atom stereocenters. The summed E-state index contributed by atoms with van der Waals surface area (Å²) in [5.74, 6) is 1.98. The minimum atomic E-state index is -6.72. The highest BCUT2D eigenvalue weighted by Gasteiger charge is 2.70. The van der Waals surface area contributed by atoms with E-state index in [0.717, 1.165) is 134 Å². The summed E-state index contributed by atoms with van der Waals surface area (Å²) in [7, 11) is -8.32. The van der Waals surface area contributed by atoms with Gasteiger partial charge in [0.15, 0.2) is 52.6 Å². The lowest BCUT2D eigenvalue weighted by Gasteiger charge is -2.49. The number of methoxy groups -OCH3 is 1. The standard InChI is InChI=1S/C22H32NO3.C18H24NO.C11H22N2O2.C11H15N2O.C10H22N2O.C7H16N2O2.C7H15N2O.2C2F6NO4S2.CHF3O3S.ClH/c1-3-4-10-23(2)20-11-16(12-21(23)18-13-17(18)20)26-22(25)19(14-24)15-8-6-5-7-9-15;1-15(18(20)17-12-8-5-9-13-17)19(2,3)14-16-10-6-4-7-11-16;1-5-9(2)10(11(14)15-4)13-7-6-12(3)8-13;1-12-7-3-4-9(8-12)10-5-6-11(14)13(10)2;1-4-9(2)10(7-13)12-6-5-11(3)8-12;1-8-2-3-9(6-8)4-7(11)5-10;1-9(2,3)6-7(10)4-5-8;2*3-1(4,5)14(10,11)9-15(12,13)2(6,7)8;2-1(3,4)8(5,6)7;/h5-9,16-21,24H,3-4,10-14H2,1-2H3;4-13,15,18,20H,14H2,1-3H3;9-10H,5-8H2,1-4H3;3-4,7-8,10H,5-6H2,1-2H3;9-10,13H,4-8H2,1-3H3;7,10-11H,2-6H2,1H3;7,10H,4,6H2,1-3H3;;;(H,5,6,7);1H/q2*+1;;+1;;;+1;2*-1;;/p-1/t;15-,18-;;10-;;7-;;;;;/m.0.0.0...../s1. The van der Waals surface area contributed by atoms with Crippen molar-refractivity contribution in [3.8, 4) is 6.07 Å². The maximum absolute atomic E-state index is 12.7. The van der Waals surface area contributed by atoms with E-state index >= 15 is 0 Å². The number of amides is 1. The Morgan fingerprint density at radius 3 is 1.43 bits per heavy atom. The zero-order chi connectivity index (χ0) is 113. The number of carbonyl (C=O) groups excluding carboxylic acids is 3. The number of piperidine rings is 2. The van der Waals surface area contributed by atoms with Gasteiger partial charge in [0.25, 0.3) is 0 Å². The van der Waals surface area contributed by atoms with Crippen LogP contribution >= 0.6 is 0 Å². The Labute approximate surface area is 865 Å². The number of alkyl halides is 15. The van der Waals surface area contributed by atoms with Crippen LogP contribution in [0.4, 0.5) is 65.9 Å². The molecule has 11 rings (SSSR count). The third-order valence-electron chi connectivity index (χ3n) is 25.5. The molecule has 0 radical (unpaired) electrons. The number of aliphatic hydroxyl groups excluding tert-OH is 6. The van der Waals surface area contributed by atoms with Crippen LogP contribution in [0.15, 0.2) is 116 Å². The quantitative estimate of drug-likeness (QED) is 0.00594. The molecule has 1 aliphatic carbocycles. The minimum absolute atomic E-state index is 0. The number of aryl methyl sites for hydroxylation is 1. The molecule has 1 aromatic heterocycles. The van der Waals surface area contributed by atoms with Crippen LogP contribution in [-0.2, 0) is 87.7 Å².